The predicted octanol–water partition coefficient (Wildman–Crippen LogP) is 1.40. The summed E-state index contributed by atoms with van der Waals surface area (Å²) in [5.41, 5.74) is 0. The summed E-state index contributed by atoms with van der Waals surface area (Å²) < 4.78 is 0. The van der Waals surface area contributed by atoms with E-state index >= 15 is 0 Å². The molecule has 0 fully saturated rings. The van der Waals surface area contributed by atoms with Crippen molar-refractivity contribution in [3.8, 4) is 6.07 Å². The minimum absolute atomic E-state index is 0.309. The number of carbonyl (C=O) groups excluding carboxylic acids is 1. The predicted molar refractivity (Wildman–Crippen MR) is 38.4 cm³/mol. The first-order valence-corrected chi connectivity index (χ1v) is 3.93. The Hall–Kier alpha value is -0.200. The molecule has 0 aromatic rings. The summed E-state index contributed by atoms with van der Waals surface area (Å²) in [6.45, 7) is 0. The first kappa shape index (κ1) is 8.80. The molecule has 0 amide bonds. The van der Waals surface area contributed by atoms with Gasteiger partial charge in [-0.3, -0.25) is 4.79 Å². The summed E-state index contributed by atoms with van der Waals surface area (Å²) in [7, 11) is 0. The lowest BCUT2D eigenvalue weighted by Crippen LogP contribution is -1.90. The van der Waals surface area contributed by atoms with Crippen molar-refractivity contribution in [3.05, 3.63) is 0 Å². The molecule has 0 bridgehead atoms. The van der Waals surface area contributed by atoms with Gasteiger partial charge in [-0.15, -0.1) is 0 Å². The molecule has 0 atom stereocenters. The summed E-state index contributed by atoms with van der Waals surface area (Å²) in [5, 5.41) is 7.70. The van der Waals surface area contributed by atoms with E-state index < -0.39 is 0 Å². The maximum absolute atomic E-state index is 10.1. The van der Waals surface area contributed by atoms with Crippen LogP contribution in [-0.2, 0) is 4.79 Å². The number of carbonyl (C=O) groups is 1. The van der Waals surface area contributed by atoms with Crippen molar-refractivity contribution in [1.29, 1.82) is 5.26 Å². The second-order valence-electron chi connectivity index (χ2n) is 1.32. The van der Waals surface area contributed by atoms with Crippen LogP contribution in [0.4, 0.5) is 0 Å². The molecule has 50 valence electrons. The molecule has 0 aliphatic carbocycles. The number of nitriles is 1. The van der Waals surface area contributed by atoms with Crippen LogP contribution in [0.5, 0.6) is 0 Å². The molecule has 0 heterocycles. The standard InChI is InChI=1S/C5H6ClNOS/c6-5(8)4-9-3-1-2-7/h1,3-4H2. The van der Waals surface area contributed by atoms with Gasteiger partial charge in [0.05, 0.1) is 11.8 Å². The number of hydrogen-bond acceptors (Lipinski definition) is 3. The van der Waals surface area contributed by atoms with Crippen LogP contribution in [0.1, 0.15) is 6.42 Å². The molecule has 2 nitrogen and oxygen atoms in total. The lowest BCUT2D eigenvalue weighted by molar-refractivity contribution is -0.109. The molecule has 0 saturated carbocycles. The van der Waals surface area contributed by atoms with Crippen molar-refractivity contribution < 1.29 is 4.79 Å². The second-order valence-corrected chi connectivity index (χ2v) is 2.84. The van der Waals surface area contributed by atoms with Crippen molar-refractivity contribution in [2.45, 2.75) is 6.42 Å². The summed E-state index contributed by atoms with van der Waals surface area (Å²) in [5.74, 6) is 0.998. The van der Waals surface area contributed by atoms with Crippen LogP contribution in [0.2, 0.25) is 0 Å². The van der Waals surface area contributed by atoms with Gasteiger partial charge in [0.2, 0.25) is 5.24 Å². The Bertz CT molecular complexity index is 131. The first-order valence-electron chi connectivity index (χ1n) is 2.40. The van der Waals surface area contributed by atoms with E-state index in [4.69, 9.17) is 16.9 Å². The lowest BCUT2D eigenvalue weighted by Gasteiger charge is -1.88. The van der Waals surface area contributed by atoms with E-state index in [9.17, 15) is 4.79 Å². The molecular formula is C5H6ClNOS. The highest BCUT2D eigenvalue weighted by Crippen LogP contribution is 2.02. The third-order valence-electron chi connectivity index (χ3n) is 0.574. The molecule has 0 aromatic heterocycles. The van der Waals surface area contributed by atoms with Crippen molar-refractivity contribution in [2.75, 3.05) is 11.5 Å². The van der Waals surface area contributed by atoms with Gasteiger partial charge in [0.25, 0.3) is 0 Å². The number of rotatable bonds is 4. The molecule has 0 spiro atoms. The zero-order chi connectivity index (χ0) is 7.11. The smallest absolute Gasteiger partial charge is 0.231 e. The Morgan fingerprint density at radius 1 is 1.78 bits per heavy atom. The largest absolute Gasteiger partial charge is 0.280 e. The monoisotopic (exact) mass is 163 g/mol. The Kier molecular flexibility index (Phi) is 5.80. The molecular weight excluding hydrogens is 158 g/mol. The summed E-state index contributed by atoms with van der Waals surface area (Å²) in [6, 6.07) is 1.97. The van der Waals surface area contributed by atoms with Gasteiger partial charge in [-0.2, -0.15) is 17.0 Å². The zero-order valence-electron chi connectivity index (χ0n) is 4.76. The number of halogens is 1. The van der Waals surface area contributed by atoms with Crippen LogP contribution in [0.15, 0.2) is 0 Å². The Labute approximate surface area is 63.2 Å². The van der Waals surface area contributed by atoms with Crippen LogP contribution in [0.25, 0.3) is 0 Å². The average molecular weight is 164 g/mol. The summed E-state index contributed by atoms with van der Waals surface area (Å²) >= 11 is 6.40. The van der Waals surface area contributed by atoms with Crippen molar-refractivity contribution in [2.24, 2.45) is 0 Å². The van der Waals surface area contributed by atoms with Gasteiger partial charge in [-0.25, -0.2) is 0 Å². The van der Waals surface area contributed by atoms with E-state index in [2.05, 4.69) is 0 Å². The Morgan fingerprint density at radius 2 is 2.44 bits per heavy atom. The molecule has 0 unspecified atom stereocenters. The normalized spacial score (nSPS) is 8.44. The SMILES string of the molecule is N#CCCSCC(=O)Cl. The maximum Gasteiger partial charge on any atom is 0.231 e. The molecule has 4 heteroatoms. The van der Waals surface area contributed by atoms with Gasteiger partial charge >= 0.3 is 0 Å². The molecule has 0 radical (unpaired) electrons. The minimum Gasteiger partial charge on any atom is -0.280 e. The molecule has 0 rings (SSSR count). The van der Waals surface area contributed by atoms with Crippen LogP contribution >= 0.6 is 23.4 Å². The van der Waals surface area contributed by atoms with Crippen molar-refractivity contribution >= 4 is 28.6 Å². The topological polar surface area (TPSA) is 40.9 Å². The van der Waals surface area contributed by atoms with Crippen LogP contribution in [0.3, 0.4) is 0 Å². The summed E-state index contributed by atoms with van der Waals surface area (Å²) in [4.78, 5) is 10.1. The van der Waals surface area contributed by atoms with Crippen molar-refractivity contribution in [3.63, 3.8) is 0 Å². The fraction of sp³-hybridized carbons (Fsp3) is 0.600. The third-order valence-corrected chi connectivity index (χ3v) is 1.82. The van der Waals surface area contributed by atoms with Gasteiger partial charge < -0.3 is 0 Å². The molecule has 0 N–H and O–H groups in total. The fourth-order valence-corrected chi connectivity index (χ4v) is 1.04. The van der Waals surface area contributed by atoms with E-state index in [-0.39, 0.29) is 5.24 Å². The first-order chi connectivity index (χ1) is 4.27. The molecule has 0 saturated heterocycles. The van der Waals surface area contributed by atoms with Gasteiger partial charge in [0.15, 0.2) is 0 Å². The molecule has 0 aliphatic heterocycles. The number of nitrogens with zero attached hydrogens (tertiary/aromatic N) is 1. The number of thioether (sulfide) groups is 1. The van der Waals surface area contributed by atoms with Crippen LogP contribution in [-0.4, -0.2) is 16.7 Å². The van der Waals surface area contributed by atoms with Crippen LogP contribution in [0, 0.1) is 11.3 Å². The number of hydrogen-bond donors (Lipinski definition) is 0. The third kappa shape index (κ3) is 7.80. The van der Waals surface area contributed by atoms with Gasteiger partial charge in [0, 0.05) is 12.2 Å². The van der Waals surface area contributed by atoms with Gasteiger partial charge in [-0.05, 0) is 11.6 Å². The van der Waals surface area contributed by atoms with E-state index in [1.54, 1.807) is 0 Å². The average Bonchev–Trinajstić information content (AvgIpc) is 1.80. The Balaban J connectivity index is 2.94. The lowest BCUT2D eigenvalue weighted by atomic mass is 10.6. The van der Waals surface area contributed by atoms with E-state index in [0.29, 0.717) is 17.9 Å². The van der Waals surface area contributed by atoms with Crippen LogP contribution < -0.4 is 0 Å². The highest BCUT2D eigenvalue weighted by molar-refractivity contribution is 8.00. The summed E-state index contributed by atoms with van der Waals surface area (Å²) in [6.07, 6.45) is 0.481. The Morgan fingerprint density at radius 3 is 2.89 bits per heavy atom. The molecule has 0 aromatic carbocycles. The second kappa shape index (κ2) is 5.93. The van der Waals surface area contributed by atoms with Gasteiger partial charge in [-0.1, -0.05) is 0 Å². The van der Waals surface area contributed by atoms with Crippen molar-refractivity contribution in [1.82, 2.24) is 0 Å². The quantitative estimate of drug-likeness (QED) is 0.465. The van der Waals surface area contributed by atoms with E-state index in [0.717, 1.165) is 0 Å². The zero-order valence-corrected chi connectivity index (χ0v) is 6.34. The van der Waals surface area contributed by atoms with Gasteiger partial charge in [0.1, 0.15) is 0 Å². The molecule has 9 heavy (non-hydrogen) atoms. The van der Waals surface area contributed by atoms with E-state index in [1.807, 2.05) is 6.07 Å². The molecule has 0 aliphatic rings. The fourth-order valence-electron chi connectivity index (χ4n) is 0.270. The highest BCUT2D eigenvalue weighted by atomic mass is 35.5. The highest BCUT2D eigenvalue weighted by Gasteiger charge is 1.93. The maximum atomic E-state index is 10.1. The minimum atomic E-state index is -0.349. The van der Waals surface area contributed by atoms with E-state index in [1.165, 1.54) is 11.8 Å².